The van der Waals surface area contributed by atoms with Crippen LogP contribution in [0.3, 0.4) is 0 Å². The fourth-order valence-electron chi connectivity index (χ4n) is 1.86. The molecule has 0 aromatic rings. The molecule has 1 heterocycles. The van der Waals surface area contributed by atoms with E-state index in [-0.39, 0.29) is 12.0 Å². The van der Waals surface area contributed by atoms with Crippen LogP contribution in [-0.4, -0.2) is 32.5 Å². The molecule has 0 radical (unpaired) electrons. The van der Waals surface area contributed by atoms with E-state index in [4.69, 9.17) is 0 Å². The van der Waals surface area contributed by atoms with E-state index < -0.39 is 9.84 Å². The highest BCUT2D eigenvalue weighted by Crippen LogP contribution is 2.22. The van der Waals surface area contributed by atoms with Gasteiger partial charge < -0.3 is 5.32 Å². The van der Waals surface area contributed by atoms with Crippen LogP contribution < -0.4 is 5.32 Å². The van der Waals surface area contributed by atoms with Gasteiger partial charge >= 0.3 is 0 Å². The molecule has 0 aromatic carbocycles. The Bertz CT molecular complexity index is 284. The van der Waals surface area contributed by atoms with Crippen LogP contribution in [0.25, 0.3) is 0 Å². The molecule has 2 unspecified atom stereocenters. The minimum atomic E-state index is -2.76. The summed E-state index contributed by atoms with van der Waals surface area (Å²) in [5.41, 5.74) is 0. The fourth-order valence-corrected chi connectivity index (χ4v) is 3.72. The molecular weight excluding hydrogens is 198 g/mol. The smallest absolute Gasteiger partial charge is 0.150 e. The van der Waals surface area contributed by atoms with Crippen LogP contribution in [-0.2, 0) is 9.84 Å². The van der Waals surface area contributed by atoms with Gasteiger partial charge in [0.15, 0.2) is 9.84 Å². The average Bonchev–Trinajstić information content (AvgIpc) is 2.48. The van der Waals surface area contributed by atoms with E-state index in [0.29, 0.717) is 11.5 Å². The lowest BCUT2D eigenvalue weighted by molar-refractivity contribution is 0.442. The maximum Gasteiger partial charge on any atom is 0.150 e. The Morgan fingerprint density at radius 3 is 2.79 bits per heavy atom. The molecule has 1 aliphatic heterocycles. The van der Waals surface area contributed by atoms with E-state index >= 15 is 0 Å². The monoisotopic (exact) mass is 217 g/mol. The normalized spacial score (nSPS) is 27.4. The van der Waals surface area contributed by atoms with Gasteiger partial charge in [-0.25, -0.2) is 8.42 Å². The molecule has 82 valence electrons. The second-order valence-electron chi connectivity index (χ2n) is 3.88. The second kappa shape index (κ2) is 4.94. The zero-order valence-electron chi connectivity index (χ0n) is 8.70. The van der Waals surface area contributed by atoms with E-state index in [1.54, 1.807) is 0 Å². The van der Waals surface area contributed by atoms with Crippen molar-refractivity contribution in [1.82, 2.24) is 5.32 Å². The van der Waals surface area contributed by atoms with Crippen LogP contribution in [0.4, 0.5) is 0 Å². The Hall–Kier alpha value is -0.350. The van der Waals surface area contributed by atoms with Gasteiger partial charge in [-0.2, -0.15) is 0 Å². The molecule has 2 atom stereocenters. The summed E-state index contributed by atoms with van der Waals surface area (Å²) >= 11 is 0. The Kier molecular flexibility index (Phi) is 4.13. The summed E-state index contributed by atoms with van der Waals surface area (Å²) in [6.45, 7) is 6.77. The maximum atomic E-state index is 11.3. The summed E-state index contributed by atoms with van der Waals surface area (Å²) in [5.74, 6) is 0.889. The Morgan fingerprint density at radius 2 is 2.36 bits per heavy atom. The van der Waals surface area contributed by atoms with Crippen molar-refractivity contribution in [2.24, 2.45) is 5.92 Å². The maximum absolute atomic E-state index is 11.3. The summed E-state index contributed by atoms with van der Waals surface area (Å²) < 4.78 is 22.5. The van der Waals surface area contributed by atoms with Gasteiger partial charge in [0, 0.05) is 6.04 Å². The van der Waals surface area contributed by atoms with Gasteiger partial charge in [-0.15, -0.1) is 6.58 Å². The highest BCUT2D eigenvalue weighted by molar-refractivity contribution is 7.91. The standard InChI is InChI=1S/C10H19NO2S/c1-3-6-11-10(4-2)9-5-7-14(12,13)8-9/h4,9-11H,2-3,5-8H2,1H3. The zero-order valence-corrected chi connectivity index (χ0v) is 9.52. The third kappa shape index (κ3) is 3.10. The second-order valence-corrected chi connectivity index (χ2v) is 6.11. The van der Waals surface area contributed by atoms with E-state index in [1.807, 2.05) is 6.08 Å². The number of sulfone groups is 1. The van der Waals surface area contributed by atoms with Crippen molar-refractivity contribution in [3.8, 4) is 0 Å². The van der Waals surface area contributed by atoms with Gasteiger partial charge in [0.2, 0.25) is 0 Å². The molecule has 1 rings (SSSR count). The summed E-state index contributed by atoms with van der Waals surface area (Å²) in [6.07, 6.45) is 3.67. The van der Waals surface area contributed by atoms with Crippen molar-refractivity contribution in [2.45, 2.75) is 25.8 Å². The number of nitrogens with one attached hydrogen (secondary N) is 1. The van der Waals surface area contributed by atoms with Crippen LogP contribution in [0.15, 0.2) is 12.7 Å². The average molecular weight is 217 g/mol. The third-order valence-corrected chi connectivity index (χ3v) is 4.45. The fraction of sp³-hybridized carbons (Fsp3) is 0.800. The summed E-state index contributed by atoms with van der Waals surface area (Å²) in [4.78, 5) is 0. The first-order valence-electron chi connectivity index (χ1n) is 5.15. The molecule has 3 nitrogen and oxygen atoms in total. The number of hydrogen-bond acceptors (Lipinski definition) is 3. The lowest BCUT2D eigenvalue weighted by Gasteiger charge is -2.19. The molecule has 1 aliphatic rings. The van der Waals surface area contributed by atoms with Crippen molar-refractivity contribution >= 4 is 9.84 Å². The molecule has 1 fully saturated rings. The third-order valence-electron chi connectivity index (χ3n) is 2.66. The van der Waals surface area contributed by atoms with Gasteiger partial charge in [-0.1, -0.05) is 13.0 Å². The molecule has 4 heteroatoms. The first-order chi connectivity index (χ1) is 6.59. The largest absolute Gasteiger partial charge is 0.310 e. The first kappa shape index (κ1) is 11.7. The molecule has 1 N–H and O–H groups in total. The first-order valence-corrected chi connectivity index (χ1v) is 6.97. The van der Waals surface area contributed by atoms with E-state index in [9.17, 15) is 8.42 Å². The van der Waals surface area contributed by atoms with Gasteiger partial charge in [-0.05, 0) is 25.3 Å². The summed E-state index contributed by atoms with van der Waals surface area (Å²) in [5, 5.41) is 3.32. The van der Waals surface area contributed by atoms with Gasteiger partial charge in [0.1, 0.15) is 0 Å². The minimum absolute atomic E-state index is 0.159. The molecule has 0 saturated carbocycles. The Balaban J connectivity index is 2.50. The zero-order chi connectivity index (χ0) is 10.6. The summed E-state index contributed by atoms with van der Waals surface area (Å²) in [6, 6.07) is 0.159. The van der Waals surface area contributed by atoms with Gasteiger partial charge in [-0.3, -0.25) is 0 Å². The summed E-state index contributed by atoms with van der Waals surface area (Å²) in [7, 11) is -2.76. The van der Waals surface area contributed by atoms with Gasteiger partial charge in [0.25, 0.3) is 0 Å². The van der Waals surface area contributed by atoms with Crippen LogP contribution in [0.5, 0.6) is 0 Å². The molecule has 14 heavy (non-hydrogen) atoms. The highest BCUT2D eigenvalue weighted by Gasteiger charge is 2.31. The Labute approximate surface area is 86.5 Å². The molecule has 0 aromatic heterocycles. The molecule has 1 saturated heterocycles. The number of hydrogen-bond donors (Lipinski definition) is 1. The van der Waals surface area contributed by atoms with Crippen molar-refractivity contribution in [3.63, 3.8) is 0 Å². The van der Waals surface area contributed by atoms with Crippen LogP contribution in [0, 0.1) is 5.92 Å². The molecule has 0 spiro atoms. The Morgan fingerprint density at radius 1 is 1.64 bits per heavy atom. The predicted octanol–water partition coefficient (Wildman–Crippen LogP) is 0.975. The van der Waals surface area contributed by atoms with Gasteiger partial charge in [0.05, 0.1) is 11.5 Å². The lowest BCUT2D eigenvalue weighted by Crippen LogP contribution is -2.35. The topological polar surface area (TPSA) is 46.2 Å². The van der Waals surface area contributed by atoms with E-state index in [1.165, 1.54) is 0 Å². The predicted molar refractivity (Wildman–Crippen MR) is 59.0 cm³/mol. The number of rotatable bonds is 5. The van der Waals surface area contributed by atoms with Crippen molar-refractivity contribution in [2.75, 3.05) is 18.1 Å². The van der Waals surface area contributed by atoms with E-state index in [0.717, 1.165) is 19.4 Å². The van der Waals surface area contributed by atoms with Crippen LogP contribution in [0.1, 0.15) is 19.8 Å². The molecule has 0 amide bonds. The molecule has 0 aliphatic carbocycles. The van der Waals surface area contributed by atoms with Crippen LogP contribution in [0.2, 0.25) is 0 Å². The van der Waals surface area contributed by atoms with Crippen LogP contribution >= 0.6 is 0 Å². The van der Waals surface area contributed by atoms with E-state index in [2.05, 4.69) is 18.8 Å². The molecular formula is C10H19NO2S. The van der Waals surface area contributed by atoms with Crippen molar-refractivity contribution < 1.29 is 8.42 Å². The van der Waals surface area contributed by atoms with Crippen molar-refractivity contribution in [1.29, 1.82) is 0 Å². The molecule has 0 bridgehead atoms. The SMILES string of the molecule is C=CC(NCCC)C1CCS(=O)(=O)C1. The quantitative estimate of drug-likeness (QED) is 0.698. The lowest BCUT2D eigenvalue weighted by atomic mass is 9.99. The minimum Gasteiger partial charge on any atom is -0.310 e. The highest BCUT2D eigenvalue weighted by atomic mass is 32.2. The van der Waals surface area contributed by atoms with Crippen molar-refractivity contribution in [3.05, 3.63) is 12.7 Å².